The normalized spacial score (nSPS) is 32.7. The Labute approximate surface area is 163 Å². The Morgan fingerprint density at radius 2 is 2.04 bits per heavy atom. The molecule has 4 heterocycles. The number of hydrogen-bond acceptors (Lipinski definition) is 6. The van der Waals surface area contributed by atoms with E-state index in [0.717, 1.165) is 49.8 Å². The van der Waals surface area contributed by atoms with Crippen LogP contribution < -0.4 is 10.2 Å². The van der Waals surface area contributed by atoms with E-state index in [9.17, 15) is 4.79 Å². The monoisotopic (exact) mass is 379 g/mol. The summed E-state index contributed by atoms with van der Waals surface area (Å²) in [7, 11) is 1.88. The third-order valence-electron chi connectivity index (χ3n) is 7.03. The maximum absolute atomic E-state index is 13.0. The Morgan fingerprint density at radius 3 is 2.68 bits per heavy atom. The highest BCUT2D eigenvalue weighted by Gasteiger charge is 2.59. The van der Waals surface area contributed by atoms with Gasteiger partial charge in [0.05, 0.1) is 11.9 Å². The third kappa shape index (κ3) is 2.57. The van der Waals surface area contributed by atoms with Crippen molar-refractivity contribution in [3.63, 3.8) is 0 Å². The van der Waals surface area contributed by atoms with Crippen molar-refractivity contribution in [2.75, 3.05) is 23.3 Å². The van der Waals surface area contributed by atoms with Crippen LogP contribution in [0.25, 0.3) is 0 Å². The van der Waals surface area contributed by atoms with Gasteiger partial charge in [-0.25, -0.2) is 4.98 Å². The minimum atomic E-state index is 0.328. The number of fused-ring (bicyclic) bond motifs is 3. The molecule has 5 atom stereocenters. The Hall–Kier alpha value is -2.64. The molecule has 8 nitrogen and oxygen atoms in total. The maximum Gasteiger partial charge on any atom is 0.229 e. The summed E-state index contributed by atoms with van der Waals surface area (Å²) < 4.78 is 1.74. The van der Waals surface area contributed by atoms with E-state index < -0.39 is 0 Å². The van der Waals surface area contributed by atoms with Gasteiger partial charge in [0.25, 0.3) is 0 Å². The number of amides is 1. The summed E-state index contributed by atoms with van der Waals surface area (Å²) in [4.78, 5) is 26.7. The highest BCUT2D eigenvalue weighted by Crippen LogP contribution is 2.60. The fraction of sp³-hybridized carbons (Fsp3) is 0.600. The smallest absolute Gasteiger partial charge is 0.229 e. The van der Waals surface area contributed by atoms with E-state index in [1.54, 1.807) is 17.1 Å². The molecule has 1 N–H and O–H groups in total. The molecule has 1 amide bonds. The number of piperazine rings is 1. The van der Waals surface area contributed by atoms with Gasteiger partial charge >= 0.3 is 0 Å². The maximum atomic E-state index is 13.0. The molecule has 146 valence electrons. The van der Waals surface area contributed by atoms with E-state index in [1.165, 1.54) is 6.42 Å². The second-order valence-electron chi connectivity index (χ2n) is 8.80. The fourth-order valence-corrected chi connectivity index (χ4v) is 5.47. The lowest BCUT2D eigenvalue weighted by Crippen LogP contribution is -2.58. The van der Waals surface area contributed by atoms with Crippen molar-refractivity contribution < 1.29 is 4.79 Å². The molecule has 2 aromatic heterocycles. The molecule has 8 heteroatoms. The zero-order chi connectivity index (χ0) is 18.8. The molecule has 0 aromatic carbocycles. The Kier molecular flexibility index (Phi) is 3.46. The molecule has 0 radical (unpaired) electrons. The number of nitrogens with zero attached hydrogens (tertiary/aromatic N) is 6. The van der Waals surface area contributed by atoms with E-state index in [1.807, 2.05) is 19.3 Å². The van der Waals surface area contributed by atoms with Crippen LogP contribution in [-0.4, -0.2) is 55.7 Å². The number of anilines is 3. The molecule has 6 rings (SSSR count). The van der Waals surface area contributed by atoms with E-state index in [2.05, 4.69) is 25.2 Å². The first-order chi connectivity index (χ1) is 13.7. The van der Waals surface area contributed by atoms with E-state index in [4.69, 9.17) is 4.98 Å². The number of nitrogens with one attached hydrogen (secondary N) is 1. The molecule has 2 aromatic rings. The van der Waals surface area contributed by atoms with Crippen LogP contribution in [0.1, 0.15) is 25.7 Å². The summed E-state index contributed by atoms with van der Waals surface area (Å²) in [5.74, 6) is 3.86. The second-order valence-corrected chi connectivity index (χ2v) is 8.80. The molecule has 2 bridgehead atoms. The van der Waals surface area contributed by atoms with Crippen molar-refractivity contribution in [1.82, 2.24) is 24.6 Å². The van der Waals surface area contributed by atoms with Crippen LogP contribution in [0.3, 0.4) is 0 Å². The predicted octanol–water partition coefficient (Wildman–Crippen LogP) is 1.79. The van der Waals surface area contributed by atoms with Crippen molar-refractivity contribution >= 4 is 23.4 Å². The predicted molar refractivity (Wildman–Crippen MR) is 104 cm³/mol. The number of carbonyl (C=O) groups excluding carboxylic acids is 1. The number of rotatable bonds is 4. The average Bonchev–Trinajstić information content (AvgIpc) is 2.99. The van der Waals surface area contributed by atoms with Crippen LogP contribution in [0.2, 0.25) is 0 Å². The first kappa shape index (κ1) is 16.3. The molecule has 2 aliphatic heterocycles. The highest BCUT2D eigenvalue weighted by molar-refractivity contribution is 5.82. The van der Waals surface area contributed by atoms with Gasteiger partial charge in [-0.05, 0) is 43.6 Å². The number of aryl methyl sites for hydroxylation is 1. The molecule has 0 spiro atoms. The van der Waals surface area contributed by atoms with Crippen LogP contribution >= 0.6 is 0 Å². The molecular formula is C20H25N7O. The highest BCUT2D eigenvalue weighted by atomic mass is 16.2. The molecule has 1 unspecified atom stereocenters. The molecule has 4 fully saturated rings. The average molecular weight is 379 g/mol. The van der Waals surface area contributed by atoms with Crippen LogP contribution in [0, 0.1) is 17.8 Å². The van der Waals surface area contributed by atoms with Crippen LogP contribution in [-0.2, 0) is 11.8 Å². The minimum Gasteiger partial charge on any atom is -0.352 e. The quantitative estimate of drug-likeness (QED) is 0.873. The summed E-state index contributed by atoms with van der Waals surface area (Å²) >= 11 is 0. The summed E-state index contributed by atoms with van der Waals surface area (Å²) in [6, 6.07) is 2.62. The first-order valence-electron chi connectivity index (χ1n) is 10.3. The van der Waals surface area contributed by atoms with Crippen LogP contribution in [0.5, 0.6) is 0 Å². The van der Waals surface area contributed by atoms with E-state index >= 15 is 0 Å². The van der Waals surface area contributed by atoms with Gasteiger partial charge in [-0.2, -0.15) is 10.1 Å². The number of carbonyl (C=O) groups is 1. The van der Waals surface area contributed by atoms with Crippen molar-refractivity contribution in [2.24, 2.45) is 24.8 Å². The van der Waals surface area contributed by atoms with Gasteiger partial charge in [0.2, 0.25) is 11.9 Å². The minimum absolute atomic E-state index is 0.328. The third-order valence-corrected chi connectivity index (χ3v) is 7.03. The number of hydrogen-bond donors (Lipinski definition) is 1. The molecule has 4 aliphatic rings. The molecule has 2 aliphatic carbocycles. The fourth-order valence-electron chi connectivity index (χ4n) is 5.47. The Balaban J connectivity index is 1.17. The van der Waals surface area contributed by atoms with Gasteiger partial charge in [0.1, 0.15) is 5.82 Å². The van der Waals surface area contributed by atoms with E-state index in [0.29, 0.717) is 35.8 Å². The zero-order valence-electron chi connectivity index (χ0n) is 16.0. The van der Waals surface area contributed by atoms with Gasteiger partial charge in [-0.3, -0.25) is 9.48 Å². The SMILES string of the molecule is Cn1cc(Nc2nccc(N3C[C@H]4CC[C@@H](C3)N4C(=O)[C@@H]3CC4C[C@@H]43)n2)cn1. The lowest BCUT2D eigenvalue weighted by atomic mass is 9.83. The Morgan fingerprint density at radius 1 is 1.21 bits per heavy atom. The summed E-state index contributed by atoms with van der Waals surface area (Å²) in [5, 5.41) is 7.38. The summed E-state index contributed by atoms with van der Waals surface area (Å²) in [6.45, 7) is 1.73. The molecule has 28 heavy (non-hydrogen) atoms. The van der Waals surface area contributed by atoms with Gasteiger partial charge in [0.15, 0.2) is 0 Å². The lowest BCUT2D eigenvalue weighted by Gasteiger charge is -2.44. The largest absolute Gasteiger partial charge is 0.352 e. The number of aromatic nitrogens is 4. The van der Waals surface area contributed by atoms with E-state index in [-0.39, 0.29) is 0 Å². The van der Waals surface area contributed by atoms with Crippen molar-refractivity contribution in [2.45, 2.75) is 37.8 Å². The standard InChI is InChI=1S/C20H25N7O/c1-25-9-13(8-22-25)23-20-21-5-4-18(24-20)26-10-14-2-3-15(11-26)27(14)19(28)17-7-12-6-16(12)17/h4-5,8-9,12,14-17H,2-3,6-7,10-11H2,1H3,(H,21,23,24)/t12?,14-,15+,16-,17+/m0/s1. The Bertz CT molecular complexity index is 913. The van der Waals surface area contributed by atoms with Crippen molar-refractivity contribution in [3.8, 4) is 0 Å². The second kappa shape index (κ2) is 5.93. The van der Waals surface area contributed by atoms with Gasteiger partial charge < -0.3 is 15.1 Å². The van der Waals surface area contributed by atoms with Crippen molar-refractivity contribution in [1.29, 1.82) is 0 Å². The van der Waals surface area contributed by atoms with Gasteiger partial charge in [0, 0.05) is 50.5 Å². The van der Waals surface area contributed by atoms with Crippen LogP contribution in [0.15, 0.2) is 24.7 Å². The summed E-state index contributed by atoms with van der Waals surface area (Å²) in [6.07, 6.45) is 10.1. The topological polar surface area (TPSA) is 79.2 Å². The van der Waals surface area contributed by atoms with Crippen molar-refractivity contribution in [3.05, 3.63) is 24.7 Å². The molecular weight excluding hydrogens is 354 g/mol. The molecule has 2 saturated carbocycles. The summed E-state index contributed by atoms with van der Waals surface area (Å²) in [5.41, 5.74) is 0.869. The first-order valence-corrected chi connectivity index (χ1v) is 10.3. The zero-order valence-corrected chi connectivity index (χ0v) is 16.0. The van der Waals surface area contributed by atoms with Gasteiger partial charge in [-0.15, -0.1) is 0 Å². The van der Waals surface area contributed by atoms with Crippen LogP contribution in [0.4, 0.5) is 17.5 Å². The molecule has 2 saturated heterocycles. The lowest BCUT2D eigenvalue weighted by molar-refractivity contribution is -0.142. The van der Waals surface area contributed by atoms with Gasteiger partial charge in [-0.1, -0.05) is 0 Å².